The normalized spacial score (nSPS) is 8.45. The van der Waals surface area contributed by atoms with E-state index in [-0.39, 0.29) is 40.0 Å². The van der Waals surface area contributed by atoms with E-state index in [9.17, 15) is 9.18 Å². The number of carbonyl (C=O) groups is 1. The van der Waals surface area contributed by atoms with Crippen molar-refractivity contribution in [1.29, 1.82) is 0 Å². The number of primary amides is 1. The fraction of sp³-hybridized carbons (Fsp3) is 0. The minimum Gasteiger partial charge on any atom is -0.366 e. The van der Waals surface area contributed by atoms with Crippen LogP contribution in [-0.4, -0.2) is 5.91 Å². The molecule has 11 heavy (non-hydrogen) atoms. The summed E-state index contributed by atoms with van der Waals surface area (Å²) in [6.45, 7) is 0. The number of rotatable bonds is 1. The van der Waals surface area contributed by atoms with E-state index in [0.717, 1.165) is 0 Å². The summed E-state index contributed by atoms with van der Waals surface area (Å²) in [5.74, 6) is -0.912. The van der Waals surface area contributed by atoms with Crippen molar-refractivity contribution in [3.05, 3.63) is 35.6 Å². The third-order valence-electron chi connectivity index (χ3n) is 1.13. The van der Waals surface area contributed by atoms with Crippen molar-refractivity contribution < 1.29 is 43.3 Å². The van der Waals surface area contributed by atoms with Gasteiger partial charge in [0, 0.05) is 39.7 Å². The predicted octanol–water partition coefficient (Wildman–Crippen LogP) is 1.17. The zero-order valence-corrected chi connectivity index (χ0v) is 8.59. The van der Waals surface area contributed by atoms with Crippen molar-refractivity contribution in [2.24, 2.45) is 5.73 Å². The van der Waals surface area contributed by atoms with Gasteiger partial charge in [-0.3, -0.25) is 4.79 Å². The zero-order valence-electron chi connectivity index (χ0n) is 5.75. The molecule has 2 nitrogen and oxygen atoms in total. The molecule has 1 aromatic carbocycles. The molecule has 0 heterocycles. The minimum absolute atomic E-state index is 0. The van der Waals surface area contributed by atoms with Crippen LogP contribution in [0.1, 0.15) is 11.8 Å². The Morgan fingerprint density at radius 2 is 1.82 bits per heavy atom. The minimum atomic E-state index is -0.542. The van der Waals surface area contributed by atoms with Gasteiger partial charge < -0.3 is 5.73 Å². The van der Waals surface area contributed by atoms with Gasteiger partial charge >= 0.3 is 0 Å². The number of hydrogen-bond acceptors (Lipinski definition) is 1. The molecule has 0 aromatic heterocycles. The van der Waals surface area contributed by atoms with Gasteiger partial charge in [0.15, 0.2) is 0 Å². The Hall–Kier alpha value is -0.276. The molecule has 1 aromatic rings. The third kappa shape index (κ3) is 3.08. The van der Waals surface area contributed by atoms with E-state index >= 15 is 0 Å². The summed E-state index contributed by atoms with van der Waals surface area (Å²) in [7, 11) is 0. The summed E-state index contributed by atoms with van der Waals surface area (Å²) in [5, 5.41) is 0. The average Bonchev–Trinajstić information content (AvgIpc) is 1.88. The Bertz CT molecular complexity index is 252. The zero-order chi connectivity index (χ0) is 7.56. The quantitative estimate of drug-likeness (QED) is 0.773. The molecule has 1 radical (unpaired) electrons. The van der Waals surface area contributed by atoms with Crippen molar-refractivity contribution in [2.45, 2.75) is 0 Å². The Labute approximate surface area is 90.3 Å². The summed E-state index contributed by atoms with van der Waals surface area (Å²) in [6, 6.07) is 5.08. The van der Waals surface area contributed by atoms with Gasteiger partial charge in [0.2, 0.25) is 5.91 Å². The van der Waals surface area contributed by atoms with Crippen LogP contribution >= 0.6 is 0 Å². The molecule has 0 aliphatic heterocycles. The summed E-state index contributed by atoms with van der Waals surface area (Å²) >= 11 is 0. The van der Waals surface area contributed by atoms with Gasteiger partial charge in [-0.1, -0.05) is 0 Å². The van der Waals surface area contributed by atoms with Crippen LogP contribution in [0.3, 0.4) is 0 Å². The predicted molar refractivity (Wildman–Crippen MR) is 37.0 cm³/mol. The number of carbonyl (C=O) groups excluding carboxylic acids is 1. The molecule has 0 aliphatic rings. The van der Waals surface area contributed by atoms with Gasteiger partial charge in [-0.2, -0.15) is 0 Å². The second-order valence-corrected chi connectivity index (χ2v) is 1.87. The maximum atomic E-state index is 12.2. The summed E-state index contributed by atoms with van der Waals surface area (Å²) in [6.07, 6.45) is 0. The first kappa shape index (κ1) is 10.7. The van der Waals surface area contributed by atoms with Crippen LogP contribution in [0.4, 0.5) is 4.39 Å². The number of benzene rings is 1. The van der Waals surface area contributed by atoms with Crippen molar-refractivity contribution in [2.75, 3.05) is 0 Å². The second-order valence-electron chi connectivity index (χ2n) is 1.87. The number of hydrogen-bond donors (Lipinski definition) is 1. The largest absolute Gasteiger partial charge is 0.366 e. The molecule has 0 fully saturated rings. The van der Waals surface area contributed by atoms with Gasteiger partial charge in [-0.15, -0.1) is 0 Å². The second kappa shape index (κ2) is 4.57. The molecule has 1 amide bonds. The fourth-order valence-electron chi connectivity index (χ4n) is 0.614. The van der Waals surface area contributed by atoms with Crippen LogP contribution in [0.2, 0.25) is 0 Å². The smallest absolute Gasteiger partial charge is 0.248 e. The first-order valence-electron chi connectivity index (χ1n) is 2.75. The van der Waals surface area contributed by atoms with Crippen molar-refractivity contribution in [3.8, 4) is 0 Å². The van der Waals surface area contributed by atoms with Crippen molar-refractivity contribution in [1.82, 2.24) is 0 Å². The average molecular weight is 230 g/mol. The molecule has 1 rings (SSSR count). The first-order chi connectivity index (χ1) is 4.70. The molecule has 0 aliphatic carbocycles. The molecule has 0 saturated carbocycles. The maximum absolute atomic E-state index is 12.2. The molecular weight excluding hydrogens is 222 g/mol. The van der Waals surface area contributed by atoms with Crippen molar-refractivity contribution >= 4 is 5.91 Å². The van der Waals surface area contributed by atoms with Gasteiger partial charge in [0.25, 0.3) is 0 Å². The monoisotopic (exact) mass is 230 g/mol. The van der Waals surface area contributed by atoms with E-state index in [1.54, 1.807) is 0 Å². The van der Waals surface area contributed by atoms with E-state index in [1.165, 1.54) is 24.3 Å². The van der Waals surface area contributed by atoms with E-state index < -0.39 is 5.91 Å². The third-order valence-corrected chi connectivity index (χ3v) is 1.13. The van der Waals surface area contributed by atoms with Gasteiger partial charge in [-0.25, -0.2) is 4.39 Å². The van der Waals surface area contributed by atoms with E-state index in [2.05, 4.69) is 0 Å². The van der Waals surface area contributed by atoms with Gasteiger partial charge in [0.05, 0.1) is 0 Å². The van der Waals surface area contributed by atoms with E-state index in [0.29, 0.717) is 5.56 Å². The maximum Gasteiger partial charge on any atom is 0.248 e. The molecule has 4 heteroatoms. The summed E-state index contributed by atoms with van der Waals surface area (Å²) < 4.78 is 12.2. The Morgan fingerprint density at radius 1 is 1.36 bits per heavy atom. The Morgan fingerprint density at radius 3 is 2.18 bits per heavy atom. The topological polar surface area (TPSA) is 43.1 Å². The SMILES string of the molecule is NC(=O)c1ccc(F)cc1.[HH].[Y]. The number of amides is 1. The molecule has 0 saturated heterocycles. The Kier molecular flexibility index (Phi) is 4.46. The molecule has 57 valence electrons. The fourth-order valence-corrected chi connectivity index (χ4v) is 0.614. The van der Waals surface area contributed by atoms with Gasteiger partial charge in [-0.05, 0) is 24.3 Å². The molecule has 0 bridgehead atoms. The molecule has 2 N–H and O–H groups in total. The van der Waals surface area contributed by atoms with Crippen LogP contribution in [0, 0.1) is 5.82 Å². The summed E-state index contributed by atoms with van der Waals surface area (Å²) in [5.41, 5.74) is 5.22. The molecular formula is C7H8FNOY. The number of halogens is 1. The van der Waals surface area contributed by atoms with Crippen molar-refractivity contribution in [3.63, 3.8) is 0 Å². The number of nitrogens with two attached hydrogens (primary N) is 1. The Balaban J connectivity index is 0. The molecule has 0 unspecified atom stereocenters. The first-order valence-corrected chi connectivity index (χ1v) is 2.75. The van der Waals surface area contributed by atoms with Crippen LogP contribution in [0.5, 0.6) is 0 Å². The van der Waals surface area contributed by atoms with Crippen LogP contribution in [0.25, 0.3) is 0 Å². The molecule has 0 atom stereocenters. The van der Waals surface area contributed by atoms with E-state index in [1.807, 2.05) is 0 Å². The standard InChI is InChI=1S/C7H6FNO.Y.H2/c8-6-3-1-5(2-4-6)7(9)10;;/h1-4H,(H2,9,10);;1H. The molecule has 0 spiro atoms. The van der Waals surface area contributed by atoms with Crippen LogP contribution in [-0.2, 0) is 32.7 Å². The summed E-state index contributed by atoms with van der Waals surface area (Å²) in [4.78, 5) is 10.4. The van der Waals surface area contributed by atoms with Crippen LogP contribution in [0.15, 0.2) is 24.3 Å². The van der Waals surface area contributed by atoms with Crippen LogP contribution < -0.4 is 5.73 Å². The van der Waals surface area contributed by atoms with E-state index in [4.69, 9.17) is 5.73 Å². The van der Waals surface area contributed by atoms with Gasteiger partial charge in [0.1, 0.15) is 5.82 Å².